The molecule has 0 spiro atoms. The first-order valence-corrected chi connectivity index (χ1v) is 8.59. The molecule has 0 aliphatic heterocycles. The molecular formula is C20H22N2O2. The van der Waals surface area contributed by atoms with Gasteiger partial charge in [0.2, 0.25) is 5.89 Å². The number of hydrogen-bond donors (Lipinski definition) is 2. The quantitative estimate of drug-likeness (QED) is 0.774. The van der Waals surface area contributed by atoms with Crippen molar-refractivity contribution in [1.82, 2.24) is 4.98 Å². The largest absolute Gasteiger partial charge is 0.436 e. The molecule has 0 radical (unpaired) electrons. The molecule has 1 saturated carbocycles. The molecule has 1 aliphatic rings. The molecule has 1 heterocycles. The van der Waals surface area contributed by atoms with Crippen LogP contribution < -0.4 is 5.73 Å². The molecule has 4 rings (SSSR count). The van der Waals surface area contributed by atoms with E-state index in [2.05, 4.69) is 17.1 Å². The highest BCUT2D eigenvalue weighted by atomic mass is 16.3. The van der Waals surface area contributed by atoms with Crippen molar-refractivity contribution in [2.45, 2.75) is 37.8 Å². The van der Waals surface area contributed by atoms with Crippen LogP contribution in [0.3, 0.4) is 0 Å². The van der Waals surface area contributed by atoms with Crippen molar-refractivity contribution in [3.8, 4) is 11.5 Å². The zero-order valence-corrected chi connectivity index (χ0v) is 13.6. The number of hydrogen-bond acceptors (Lipinski definition) is 4. The number of oxazole rings is 1. The molecule has 3 N–H and O–H groups in total. The van der Waals surface area contributed by atoms with Gasteiger partial charge in [0, 0.05) is 11.6 Å². The first-order valence-electron chi connectivity index (χ1n) is 8.59. The fourth-order valence-corrected chi connectivity index (χ4v) is 3.61. The molecule has 2 aromatic carbocycles. The summed E-state index contributed by atoms with van der Waals surface area (Å²) in [7, 11) is 0. The Hall–Kier alpha value is -2.17. The summed E-state index contributed by atoms with van der Waals surface area (Å²) in [5.41, 5.74) is 9.85. The zero-order chi connectivity index (χ0) is 16.5. The maximum absolute atomic E-state index is 10.3. The van der Waals surface area contributed by atoms with Gasteiger partial charge in [-0.1, -0.05) is 30.7 Å². The lowest BCUT2D eigenvalue weighted by Crippen LogP contribution is -2.43. The number of nitrogens with zero attached hydrogens (tertiary/aromatic N) is 1. The number of benzene rings is 2. The van der Waals surface area contributed by atoms with Gasteiger partial charge in [0.15, 0.2) is 5.58 Å². The predicted octanol–water partition coefficient (Wildman–Crippen LogP) is 3.53. The van der Waals surface area contributed by atoms with Crippen molar-refractivity contribution < 1.29 is 9.52 Å². The highest BCUT2D eigenvalue weighted by Crippen LogP contribution is 2.28. The van der Waals surface area contributed by atoms with Gasteiger partial charge in [-0.3, -0.25) is 0 Å². The number of nitrogens with two attached hydrogens (primary N) is 1. The predicted molar refractivity (Wildman–Crippen MR) is 94.5 cm³/mol. The van der Waals surface area contributed by atoms with E-state index in [1.54, 1.807) is 0 Å². The van der Waals surface area contributed by atoms with Gasteiger partial charge >= 0.3 is 0 Å². The number of aliphatic hydroxyl groups is 1. The maximum Gasteiger partial charge on any atom is 0.227 e. The van der Waals surface area contributed by atoms with Crippen molar-refractivity contribution in [2.75, 3.05) is 0 Å². The minimum Gasteiger partial charge on any atom is -0.436 e. The standard InChI is InChI=1S/C20H22N2O2/c21-16-5-3-4-15(19(16)23)12-13-8-10-14(11-9-13)20-22-17-6-1-2-7-18(17)24-20/h1-2,6-11,15-16,19,23H,3-5,12,21H2/t15-,16-,19-/m0/s1. The van der Waals surface area contributed by atoms with Gasteiger partial charge in [0.25, 0.3) is 0 Å². The maximum atomic E-state index is 10.3. The lowest BCUT2D eigenvalue weighted by molar-refractivity contribution is 0.0515. The minimum atomic E-state index is -0.393. The third-order valence-corrected chi connectivity index (χ3v) is 5.03. The molecule has 4 nitrogen and oxygen atoms in total. The molecular weight excluding hydrogens is 300 g/mol. The molecule has 0 unspecified atom stereocenters. The van der Waals surface area contributed by atoms with Crippen molar-refractivity contribution >= 4 is 11.1 Å². The zero-order valence-electron chi connectivity index (χ0n) is 13.6. The van der Waals surface area contributed by atoms with E-state index in [1.807, 2.05) is 36.4 Å². The van der Waals surface area contributed by atoms with Gasteiger partial charge in [-0.2, -0.15) is 0 Å². The van der Waals surface area contributed by atoms with E-state index in [9.17, 15) is 5.11 Å². The second kappa shape index (κ2) is 6.38. The van der Waals surface area contributed by atoms with Gasteiger partial charge in [-0.15, -0.1) is 0 Å². The molecule has 24 heavy (non-hydrogen) atoms. The van der Waals surface area contributed by atoms with E-state index < -0.39 is 6.10 Å². The van der Waals surface area contributed by atoms with Gasteiger partial charge in [-0.05, 0) is 55.0 Å². The van der Waals surface area contributed by atoms with E-state index in [0.29, 0.717) is 5.89 Å². The third-order valence-electron chi connectivity index (χ3n) is 5.03. The van der Waals surface area contributed by atoms with Crippen LogP contribution in [0.25, 0.3) is 22.6 Å². The van der Waals surface area contributed by atoms with Crippen LogP contribution in [0, 0.1) is 5.92 Å². The summed E-state index contributed by atoms with van der Waals surface area (Å²) in [5, 5.41) is 10.3. The van der Waals surface area contributed by atoms with Crippen LogP contribution in [0.4, 0.5) is 0 Å². The normalized spacial score (nSPS) is 24.3. The average molecular weight is 322 g/mol. The van der Waals surface area contributed by atoms with Crippen molar-refractivity contribution in [2.24, 2.45) is 11.7 Å². The Bertz CT molecular complexity index is 792. The number of fused-ring (bicyclic) bond motifs is 1. The molecule has 124 valence electrons. The second-order valence-corrected chi connectivity index (χ2v) is 6.73. The van der Waals surface area contributed by atoms with Gasteiger partial charge in [-0.25, -0.2) is 4.98 Å². The van der Waals surface area contributed by atoms with E-state index in [-0.39, 0.29) is 12.0 Å². The fraction of sp³-hybridized carbons (Fsp3) is 0.350. The summed E-state index contributed by atoms with van der Waals surface area (Å²) in [6, 6.07) is 16.0. The Morgan fingerprint density at radius 2 is 1.88 bits per heavy atom. The van der Waals surface area contributed by atoms with Crippen LogP contribution in [-0.4, -0.2) is 22.2 Å². The highest BCUT2D eigenvalue weighted by Gasteiger charge is 2.29. The Morgan fingerprint density at radius 3 is 2.67 bits per heavy atom. The van der Waals surface area contributed by atoms with Crippen molar-refractivity contribution in [3.05, 3.63) is 54.1 Å². The first-order chi connectivity index (χ1) is 11.7. The molecule has 1 fully saturated rings. The van der Waals surface area contributed by atoms with E-state index in [1.165, 1.54) is 5.56 Å². The molecule has 1 aliphatic carbocycles. The van der Waals surface area contributed by atoms with Gasteiger partial charge < -0.3 is 15.3 Å². The number of para-hydroxylation sites is 2. The second-order valence-electron chi connectivity index (χ2n) is 6.73. The number of aromatic nitrogens is 1. The monoisotopic (exact) mass is 322 g/mol. The molecule has 3 atom stereocenters. The fourth-order valence-electron chi connectivity index (χ4n) is 3.61. The summed E-state index contributed by atoms with van der Waals surface area (Å²) in [5.74, 6) is 0.895. The molecule has 3 aromatic rings. The van der Waals surface area contributed by atoms with Gasteiger partial charge in [0.1, 0.15) is 5.52 Å². The Balaban J connectivity index is 1.52. The van der Waals surface area contributed by atoms with E-state index in [0.717, 1.165) is 42.3 Å². The summed E-state index contributed by atoms with van der Waals surface area (Å²) < 4.78 is 5.81. The Kier molecular flexibility index (Phi) is 4.08. The van der Waals surface area contributed by atoms with Crippen LogP contribution in [0.15, 0.2) is 52.9 Å². The molecule has 4 heteroatoms. The van der Waals surface area contributed by atoms with Crippen molar-refractivity contribution in [3.63, 3.8) is 0 Å². The third kappa shape index (κ3) is 2.95. The smallest absolute Gasteiger partial charge is 0.227 e. The van der Waals surface area contributed by atoms with Crippen LogP contribution in [0.5, 0.6) is 0 Å². The summed E-state index contributed by atoms with van der Waals surface area (Å²) in [4.78, 5) is 4.53. The van der Waals surface area contributed by atoms with Crippen LogP contribution in [0.1, 0.15) is 24.8 Å². The number of rotatable bonds is 3. The molecule has 1 aromatic heterocycles. The molecule has 0 amide bonds. The SMILES string of the molecule is N[C@H]1CCC[C@@H](Cc2ccc(-c3nc4ccccc4o3)cc2)[C@@H]1O. The van der Waals surface area contributed by atoms with Crippen LogP contribution >= 0.6 is 0 Å². The minimum absolute atomic E-state index is 0.0808. The molecule has 0 bridgehead atoms. The first kappa shape index (κ1) is 15.4. The number of aliphatic hydroxyl groups excluding tert-OH is 1. The lowest BCUT2D eigenvalue weighted by Gasteiger charge is -2.32. The summed E-state index contributed by atoms with van der Waals surface area (Å²) >= 11 is 0. The molecule has 0 saturated heterocycles. The van der Waals surface area contributed by atoms with E-state index >= 15 is 0 Å². The van der Waals surface area contributed by atoms with Crippen LogP contribution in [-0.2, 0) is 6.42 Å². The summed E-state index contributed by atoms with van der Waals surface area (Å²) in [6.45, 7) is 0. The van der Waals surface area contributed by atoms with Crippen LogP contribution in [0.2, 0.25) is 0 Å². The Labute approximate surface area is 141 Å². The van der Waals surface area contributed by atoms with Gasteiger partial charge in [0.05, 0.1) is 6.10 Å². The average Bonchev–Trinajstić information content (AvgIpc) is 3.04. The highest BCUT2D eigenvalue weighted by molar-refractivity contribution is 5.75. The summed E-state index contributed by atoms with van der Waals surface area (Å²) in [6.07, 6.45) is 3.54. The lowest BCUT2D eigenvalue weighted by atomic mass is 9.80. The topological polar surface area (TPSA) is 72.3 Å². The Morgan fingerprint density at radius 1 is 1.08 bits per heavy atom. The van der Waals surface area contributed by atoms with E-state index in [4.69, 9.17) is 10.2 Å². The van der Waals surface area contributed by atoms with Crippen molar-refractivity contribution in [1.29, 1.82) is 0 Å².